The number of urea groups is 1. The summed E-state index contributed by atoms with van der Waals surface area (Å²) in [7, 11) is 0. The highest BCUT2D eigenvalue weighted by molar-refractivity contribution is 6.10. The van der Waals surface area contributed by atoms with Gasteiger partial charge in [-0.15, -0.1) is 0 Å². The molecule has 5 heteroatoms. The number of amides is 3. The molecular formula is C14H16N2O3. The second-order valence-corrected chi connectivity index (χ2v) is 5.24. The normalized spacial score (nSPS) is 17.5. The Morgan fingerprint density at radius 3 is 2.26 bits per heavy atom. The number of Topliss-reactive ketones (excluding diaryl/α,β-unsaturated/α-hetero) is 1. The number of aryl methyl sites for hydroxylation is 1. The van der Waals surface area contributed by atoms with Crippen molar-refractivity contribution in [3.8, 4) is 0 Å². The molecule has 1 N–H and O–H groups in total. The quantitative estimate of drug-likeness (QED) is 0.661. The standard InChI is InChI=1S/C14H16N2O3/c1-9-4-6-10(7-5-9)11(17)8-16-12(18)14(2,3)15-13(16)19/h4-7H,8H2,1-3H3,(H,15,19). The third-order valence-electron chi connectivity index (χ3n) is 3.12. The Hall–Kier alpha value is -2.17. The summed E-state index contributed by atoms with van der Waals surface area (Å²) in [6.07, 6.45) is 0. The molecule has 5 nitrogen and oxygen atoms in total. The lowest BCUT2D eigenvalue weighted by Crippen LogP contribution is -2.41. The molecule has 1 fully saturated rings. The molecule has 0 bridgehead atoms. The fraction of sp³-hybridized carbons (Fsp3) is 0.357. The van der Waals surface area contributed by atoms with Gasteiger partial charge in [0.15, 0.2) is 5.78 Å². The molecule has 1 aliphatic heterocycles. The number of benzene rings is 1. The van der Waals surface area contributed by atoms with Crippen LogP contribution in [-0.4, -0.2) is 34.7 Å². The SMILES string of the molecule is Cc1ccc(C(=O)CN2C(=O)NC(C)(C)C2=O)cc1. The van der Waals surface area contributed by atoms with Crippen LogP contribution in [0.25, 0.3) is 0 Å². The van der Waals surface area contributed by atoms with Crippen LogP contribution in [0.4, 0.5) is 4.79 Å². The highest BCUT2D eigenvalue weighted by atomic mass is 16.2. The molecule has 0 atom stereocenters. The first-order valence-corrected chi connectivity index (χ1v) is 6.05. The topological polar surface area (TPSA) is 66.5 Å². The number of carbonyl (C=O) groups excluding carboxylic acids is 3. The maximum atomic E-state index is 12.0. The summed E-state index contributed by atoms with van der Waals surface area (Å²) in [4.78, 5) is 36.6. The van der Waals surface area contributed by atoms with Crippen LogP contribution in [0, 0.1) is 6.92 Å². The van der Waals surface area contributed by atoms with Crippen LogP contribution < -0.4 is 5.32 Å². The van der Waals surface area contributed by atoms with E-state index in [2.05, 4.69) is 5.32 Å². The summed E-state index contributed by atoms with van der Waals surface area (Å²) < 4.78 is 0. The van der Waals surface area contributed by atoms with Crippen molar-refractivity contribution < 1.29 is 14.4 Å². The molecule has 1 aliphatic rings. The molecule has 2 rings (SSSR count). The number of hydrogen-bond acceptors (Lipinski definition) is 3. The molecule has 0 spiro atoms. The van der Waals surface area contributed by atoms with E-state index in [0.29, 0.717) is 5.56 Å². The Kier molecular flexibility index (Phi) is 3.14. The summed E-state index contributed by atoms with van der Waals surface area (Å²) >= 11 is 0. The van der Waals surface area contributed by atoms with Gasteiger partial charge in [0.25, 0.3) is 5.91 Å². The summed E-state index contributed by atoms with van der Waals surface area (Å²) in [5, 5.41) is 2.54. The van der Waals surface area contributed by atoms with E-state index in [4.69, 9.17) is 0 Å². The molecule has 0 unspecified atom stereocenters. The van der Waals surface area contributed by atoms with Crippen molar-refractivity contribution in [3.05, 3.63) is 35.4 Å². The smallest absolute Gasteiger partial charge is 0.324 e. The molecule has 0 radical (unpaired) electrons. The molecular weight excluding hydrogens is 244 g/mol. The predicted molar refractivity (Wildman–Crippen MR) is 69.8 cm³/mol. The Labute approximate surface area is 111 Å². The summed E-state index contributed by atoms with van der Waals surface area (Å²) in [6, 6.07) is 6.52. The van der Waals surface area contributed by atoms with E-state index in [9.17, 15) is 14.4 Å². The molecule has 1 heterocycles. The van der Waals surface area contributed by atoms with Crippen molar-refractivity contribution in [1.82, 2.24) is 10.2 Å². The van der Waals surface area contributed by atoms with Crippen molar-refractivity contribution in [1.29, 1.82) is 0 Å². The van der Waals surface area contributed by atoms with Crippen LogP contribution in [0.3, 0.4) is 0 Å². The average Bonchev–Trinajstić information content (AvgIpc) is 2.52. The number of nitrogens with zero attached hydrogens (tertiary/aromatic N) is 1. The number of hydrogen-bond donors (Lipinski definition) is 1. The van der Waals surface area contributed by atoms with Crippen molar-refractivity contribution in [2.45, 2.75) is 26.3 Å². The monoisotopic (exact) mass is 260 g/mol. The fourth-order valence-corrected chi connectivity index (χ4v) is 1.94. The highest BCUT2D eigenvalue weighted by Crippen LogP contribution is 2.17. The van der Waals surface area contributed by atoms with E-state index >= 15 is 0 Å². The van der Waals surface area contributed by atoms with Crippen molar-refractivity contribution in [3.63, 3.8) is 0 Å². The first kappa shape index (κ1) is 13.3. The minimum Gasteiger partial charge on any atom is -0.324 e. The maximum Gasteiger partial charge on any atom is 0.325 e. The van der Waals surface area contributed by atoms with Crippen LogP contribution >= 0.6 is 0 Å². The minimum atomic E-state index is -0.940. The number of ketones is 1. The number of carbonyl (C=O) groups is 3. The summed E-state index contributed by atoms with van der Waals surface area (Å²) in [5.41, 5.74) is 0.605. The minimum absolute atomic E-state index is 0.225. The lowest BCUT2D eigenvalue weighted by atomic mass is 10.1. The second kappa shape index (κ2) is 4.50. The van der Waals surface area contributed by atoms with E-state index in [1.807, 2.05) is 19.1 Å². The zero-order valence-electron chi connectivity index (χ0n) is 11.2. The molecule has 1 aromatic rings. The van der Waals surface area contributed by atoms with Gasteiger partial charge in [-0.1, -0.05) is 29.8 Å². The highest BCUT2D eigenvalue weighted by Gasteiger charge is 2.44. The second-order valence-electron chi connectivity index (χ2n) is 5.24. The molecule has 3 amide bonds. The van der Waals surface area contributed by atoms with E-state index in [-0.39, 0.29) is 18.2 Å². The largest absolute Gasteiger partial charge is 0.325 e. The van der Waals surface area contributed by atoms with Gasteiger partial charge in [-0.2, -0.15) is 0 Å². The third-order valence-corrected chi connectivity index (χ3v) is 3.12. The zero-order chi connectivity index (χ0) is 14.2. The first-order chi connectivity index (χ1) is 8.81. The zero-order valence-corrected chi connectivity index (χ0v) is 11.2. The van der Waals surface area contributed by atoms with Gasteiger partial charge in [0.05, 0.1) is 6.54 Å². The van der Waals surface area contributed by atoms with Crippen LogP contribution in [0.2, 0.25) is 0 Å². The summed E-state index contributed by atoms with van der Waals surface area (Å²) in [6.45, 7) is 4.93. The van der Waals surface area contributed by atoms with Gasteiger partial charge in [0, 0.05) is 5.56 Å². The number of rotatable bonds is 3. The molecule has 0 saturated carbocycles. The van der Waals surface area contributed by atoms with Crippen LogP contribution in [-0.2, 0) is 4.79 Å². The number of nitrogens with one attached hydrogen (secondary N) is 1. The van der Waals surface area contributed by atoms with Gasteiger partial charge < -0.3 is 5.32 Å². The van der Waals surface area contributed by atoms with Crippen molar-refractivity contribution in [2.75, 3.05) is 6.54 Å². The third kappa shape index (κ3) is 2.50. The van der Waals surface area contributed by atoms with Crippen LogP contribution in [0.15, 0.2) is 24.3 Å². The van der Waals surface area contributed by atoms with Gasteiger partial charge in [-0.05, 0) is 20.8 Å². The first-order valence-electron chi connectivity index (χ1n) is 6.05. The maximum absolute atomic E-state index is 12.0. The fourth-order valence-electron chi connectivity index (χ4n) is 1.94. The Morgan fingerprint density at radius 2 is 1.79 bits per heavy atom. The van der Waals surface area contributed by atoms with Crippen LogP contribution in [0.1, 0.15) is 29.8 Å². The molecule has 1 saturated heterocycles. The van der Waals surface area contributed by atoms with Crippen LogP contribution in [0.5, 0.6) is 0 Å². The molecule has 1 aromatic carbocycles. The van der Waals surface area contributed by atoms with E-state index < -0.39 is 11.6 Å². The van der Waals surface area contributed by atoms with E-state index in [1.165, 1.54) is 0 Å². The predicted octanol–water partition coefficient (Wildman–Crippen LogP) is 1.51. The Bertz CT molecular complexity index is 546. The van der Waals surface area contributed by atoms with E-state index in [0.717, 1.165) is 10.5 Å². The average molecular weight is 260 g/mol. The number of imide groups is 1. The lowest BCUT2D eigenvalue weighted by Gasteiger charge is -2.15. The van der Waals surface area contributed by atoms with Crippen molar-refractivity contribution >= 4 is 17.7 Å². The van der Waals surface area contributed by atoms with E-state index in [1.54, 1.807) is 26.0 Å². The van der Waals surface area contributed by atoms with Gasteiger partial charge in [-0.3, -0.25) is 14.5 Å². The van der Waals surface area contributed by atoms with Gasteiger partial charge in [0.1, 0.15) is 5.54 Å². The Morgan fingerprint density at radius 1 is 1.21 bits per heavy atom. The molecule has 19 heavy (non-hydrogen) atoms. The summed E-state index contributed by atoms with van der Waals surface area (Å²) in [5.74, 6) is -0.626. The molecule has 0 aliphatic carbocycles. The Balaban J connectivity index is 2.14. The van der Waals surface area contributed by atoms with Gasteiger partial charge >= 0.3 is 6.03 Å². The van der Waals surface area contributed by atoms with Gasteiger partial charge in [0.2, 0.25) is 0 Å². The molecule has 0 aromatic heterocycles. The van der Waals surface area contributed by atoms with Gasteiger partial charge in [-0.25, -0.2) is 4.79 Å². The molecule has 100 valence electrons. The van der Waals surface area contributed by atoms with Crippen molar-refractivity contribution in [2.24, 2.45) is 0 Å². The lowest BCUT2D eigenvalue weighted by molar-refractivity contribution is -0.129.